The molecular formula is C45H53ClN6O5Si. The number of aryl methyl sites for hydroxylation is 5. The van der Waals surface area contributed by atoms with Gasteiger partial charge in [-0.3, -0.25) is 14.2 Å². The van der Waals surface area contributed by atoms with Crippen LogP contribution in [0.25, 0.3) is 22.0 Å². The molecule has 4 heterocycles. The molecule has 3 aromatic carbocycles. The summed E-state index contributed by atoms with van der Waals surface area (Å²) in [5.74, 6) is -0.843. The zero-order valence-corrected chi connectivity index (χ0v) is 36.4. The van der Waals surface area contributed by atoms with Gasteiger partial charge in [-0.25, -0.2) is 4.79 Å². The molecule has 0 radical (unpaired) electrons. The van der Waals surface area contributed by atoms with E-state index in [9.17, 15) is 9.59 Å². The van der Waals surface area contributed by atoms with Crippen LogP contribution in [0.2, 0.25) is 10.1 Å². The Kier molecular flexibility index (Phi) is 11.8. The van der Waals surface area contributed by atoms with Crippen molar-refractivity contribution in [1.82, 2.24) is 29.4 Å². The molecule has 58 heavy (non-hydrogen) atoms. The van der Waals surface area contributed by atoms with Crippen LogP contribution in [-0.2, 0) is 58.9 Å². The van der Waals surface area contributed by atoms with Gasteiger partial charge < -0.3 is 23.8 Å². The lowest BCUT2D eigenvalue weighted by Crippen LogP contribution is -2.66. The van der Waals surface area contributed by atoms with Crippen LogP contribution >= 0.6 is 11.6 Å². The maximum atomic E-state index is 13.3. The van der Waals surface area contributed by atoms with Crippen LogP contribution < -0.4 is 15.7 Å². The summed E-state index contributed by atoms with van der Waals surface area (Å²) < 4.78 is 23.3. The maximum absolute atomic E-state index is 13.3. The molecule has 13 heteroatoms. The van der Waals surface area contributed by atoms with E-state index in [1.54, 1.807) is 0 Å². The molecule has 7 rings (SSSR count). The van der Waals surface area contributed by atoms with Crippen molar-refractivity contribution in [2.45, 2.75) is 84.2 Å². The van der Waals surface area contributed by atoms with E-state index in [4.69, 9.17) is 35.7 Å². The van der Waals surface area contributed by atoms with Crippen LogP contribution in [0.3, 0.4) is 0 Å². The molecule has 1 N–H and O–H groups in total. The van der Waals surface area contributed by atoms with Gasteiger partial charge in [-0.05, 0) is 59.3 Å². The van der Waals surface area contributed by atoms with Crippen molar-refractivity contribution >= 4 is 53.1 Å². The number of halogens is 1. The van der Waals surface area contributed by atoms with Crippen molar-refractivity contribution < 1.29 is 23.5 Å². The first-order chi connectivity index (χ1) is 27.8. The Morgan fingerprint density at radius 2 is 1.60 bits per heavy atom. The number of hydrogen-bond donors (Lipinski definition) is 1. The first-order valence-corrected chi connectivity index (χ1v) is 22.1. The zero-order chi connectivity index (χ0) is 41.4. The summed E-state index contributed by atoms with van der Waals surface area (Å²) >= 11 is 7.13. The molecule has 3 aromatic heterocycles. The number of nitrogens with zero attached hydrogens (tertiary/aromatic N) is 5. The monoisotopic (exact) mass is 820 g/mol. The Hall–Kier alpha value is -5.01. The highest BCUT2D eigenvalue weighted by molar-refractivity contribution is 6.99. The van der Waals surface area contributed by atoms with Crippen molar-refractivity contribution in [3.8, 4) is 11.1 Å². The van der Waals surface area contributed by atoms with Crippen LogP contribution in [0.1, 0.15) is 84.9 Å². The van der Waals surface area contributed by atoms with Gasteiger partial charge in [0.05, 0.1) is 60.2 Å². The average molecular weight is 821 g/mol. The molecule has 0 saturated heterocycles. The number of carbonyl (C=O) groups is 2. The molecule has 11 nitrogen and oxygen atoms in total. The van der Waals surface area contributed by atoms with E-state index >= 15 is 0 Å². The largest absolute Gasteiger partial charge is 0.469 e. The molecular weight excluding hydrogens is 768 g/mol. The molecule has 304 valence electrons. The van der Waals surface area contributed by atoms with Gasteiger partial charge in [0.15, 0.2) is 0 Å². The Labute approximate surface area is 346 Å². The van der Waals surface area contributed by atoms with Gasteiger partial charge in [0, 0.05) is 50.1 Å². The number of methoxy groups -OCH3 is 2. The quantitative estimate of drug-likeness (QED) is 0.0953. The van der Waals surface area contributed by atoms with Gasteiger partial charge in [0.2, 0.25) is 0 Å². The minimum atomic E-state index is -2.74. The lowest BCUT2D eigenvalue weighted by Gasteiger charge is -2.43. The highest BCUT2D eigenvalue weighted by Gasteiger charge is 2.50. The number of rotatable bonds is 13. The zero-order valence-electron chi connectivity index (χ0n) is 34.7. The van der Waals surface area contributed by atoms with Crippen LogP contribution in [0.4, 0.5) is 0 Å². The second kappa shape index (κ2) is 16.7. The summed E-state index contributed by atoms with van der Waals surface area (Å²) in [7, 11) is 3.80. The third kappa shape index (κ3) is 7.43. The van der Waals surface area contributed by atoms with E-state index in [2.05, 4.69) is 97.5 Å². The van der Waals surface area contributed by atoms with E-state index in [0.29, 0.717) is 35.9 Å². The molecule has 6 aromatic rings. The second-order valence-corrected chi connectivity index (χ2v) is 20.8. The number of nitrogens with one attached hydrogen (secondary N) is 1. The fourth-order valence-corrected chi connectivity index (χ4v) is 13.7. The molecule has 0 aliphatic carbocycles. The summed E-state index contributed by atoms with van der Waals surface area (Å²) in [5.41, 5.74) is 7.41. The lowest BCUT2D eigenvalue weighted by atomic mass is 9.93. The van der Waals surface area contributed by atoms with Gasteiger partial charge in [0.1, 0.15) is 5.69 Å². The minimum absolute atomic E-state index is 0.0470. The lowest BCUT2D eigenvalue weighted by molar-refractivity contribution is -0.140. The molecule has 1 aliphatic heterocycles. The number of esters is 2. The first kappa shape index (κ1) is 41.2. The Balaban J connectivity index is 1.20. The number of ether oxygens (including phenoxy) is 2. The highest BCUT2D eigenvalue weighted by atomic mass is 35.5. The smallest absolute Gasteiger partial charge is 0.354 e. The van der Waals surface area contributed by atoms with E-state index in [1.807, 2.05) is 42.4 Å². The first-order valence-electron chi connectivity index (χ1n) is 19.8. The van der Waals surface area contributed by atoms with Gasteiger partial charge in [0.25, 0.3) is 8.32 Å². The van der Waals surface area contributed by atoms with E-state index in [-0.39, 0.29) is 23.5 Å². The number of fused-ring (bicyclic) bond motifs is 2. The summed E-state index contributed by atoms with van der Waals surface area (Å²) in [5, 5.41) is 17.5. The maximum Gasteiger partial charge on any atom is 0.354 e. The van der Waals surface area contributed by atoms with E-state index < -0.39 is 14.3 Å². The van der Waals surface area contributed by atoms with Gasteiger partial charge in [-0.15, -0.1) is 0 Å². The minimum Gasteiger partial charge on any atom is -0.469 e. The Bertz CT molecular complexity index is 2410. The number of benzene rings is 3. The molecule has 0 amide bonds. The normalized spacial score (nSPS) is 14.5. The SMILES string of the molecule is COC(=O)CCc1c(C(=O)OC)n(C)c2c(-c3c(C)nn4c3[C@H](NCc3cc(CO[Si](c5ccccc5)(c5ccccc5)C(C)(C)C)n(C)n3)CCC4)c(Cl)ccc12. The molecule has 0 unspecified atom stereocenters. The fraction of sp³-hybridized carbons (Fsp3) is 0.378. The van der Waals surface area contributed by atoms with E-state index in [1.165, 1.54) is 24.6 Å². The Morgan fingerprint density at radius 3 is 2.22 bits per heavy atom. The molecule has 0 saturated carbocycles. The van der Waals surface area contributed by atoms with Gasteiger partial charge in [-0.2, -0.15) is 10.2 Å². The summed E-state index contributed by atoms with van der Waals surface area (Å²) in [6.07, 6.45) is 2.27. The topological polar surface area (TPSA) is 114 Å². The highest BCUT2D eigenvalue weighted by Crippen LogP contribution is 2.45. The molecule has 1 aliphatic rings. The van der Waals surface area contributed by atoms with Crippen molar-refractivity contribution in [1.29, 1.82) is 0 Å². The third-order valence-corrected chi connectivity index (χ3v) is 16.9. The van der Waals surface area contributed by atoms with Crippen molar-refractivity contribution in [2.75, 3.05) is 14.2 Å². The molecule has 0 bridgehead atoms. The predicted molar refractivity (Wildman–Crippen MR) is 230 cm³/mol. The predicted octanol–water partition coefficient (Wildman–Crippen LogP) is 7.33. The van der Waals surface area contributed by atoms with Crippen molar-refractivity contribution in [2.24, 2.45) is 14.1 Å². The van der Waals surface area contributed by atoms with Crippen LogP contribution in [-0.4, -0.2) is 58.6 Å². The molecule has 1 atom stereocenters. The van der Waals surface area contributed by atoms with Crippen molar-refractivity contribution in [3.63, 3.8) is 0 Å². The van der Waals surface area contributed by atoms with E-state index in [0.717, 1.165) is 64.2 Å². The van der Waals surface area contributed by atoms with Gasteiger partial charge >= 0.3 is 11.9 Å². The third-order valence-electron chi connectivity index (χ3n) is 11.6. The summed E-state index contributed by atoms with van der Waals surface area (Å²) in [6, 6.07) is 27.2. The second-order valence-electron chi connectivity index (χ2n) is 16.1. The molecule has 0 fully saturated rings. The summed E-state index contributed by atoms with van der Waals surface area (Å²) in [4.78, 5) is 25.5. The van der Waals surface area contributed by atoms with Crippen LogP contribution in [0, 0.1) is 6.92 Å². The van der Waals surface area contributed by atoms with Crippen molar-refractivity contribution in [3.05, 3.63) is 118 Å². The molecule has 0 spiro atoms. The fourth-order valence-electron chi connectivity index (χ4n) is 8.96. The average Bonchev–Trinajstić information content (AvgIpc) is 3.85. The number of carbonyl (C=O) groups excluding carboxylic acids is 2. The summed E-state index contributed by atoms with van der Waals surface area (Å²) in [6.45, 7) is 10.6. The van der Waals surface area contributed by atoms with Crippen LogP contribution in [0.15, 0.2) is 78.9 Å². The number of aromatic nitrogens is 5. The van der Waals surface area contributed by atoms with Crippen LogP contribution in [0.5, 0.6) is 0 Å². The Morgan fingerprint density at radius 1 is 0.931 bits per heavy atom. The standard InChI is InChI=1S/C45H53ClN6O5Si/c1-29-39(40-36(46)23-21-34-35(22-24-38(53)55-7)42(44(54)56-8)50(5)41(34)40)43-37(20-15-25-52(43)48-29)47-27-30-26-31(51(6)49-30)28-57-58(45(2,3)4,32-16-11-9-12-17-32)33-18-13-10-14-19-33/h9-14,16-19,21,23,26,37,47H,15,20,22,24-25,27-28H2,1-8H3/t37-/m1/s1. The number of hydrogen-bond acceptors (Lipinski definition) is 8. The van der Waals surface area contributed by atoms with Gasteiger partial charge in [-0.1, -0.05) is 99.1 Å².